The molecule has 1 fully saturated rings. The van der Waals surface area contributed by atoms with E-state index in [0.29, 0.717) is 11.3 Å². The third-order valence-electron chi connectivity index (χ3n) is 2.82. The summed E-state index contributed by atoms with van der Waals surface area (Å²) in [4.78, 5) is 0. The SMILES string of the molecule is CCCCCSCC1(CC(=N)N)CC1. The van der Waals surface area contributed by atoms with Gasteiger partial charge in [0.05, 0.1) is 5.84 Å². The maximum absolute atomic E-state index is 7.30. The average molecular weight is 214 g/mol. The maximum Gasteiger partial charge on any atom is 0.0911 e. The first-order chi connectivity index (χ1) is 6.68. The van der Waals surface area contributed by atoms with Gasteiger partial charge < -0.3 is 5.73 Å². The summed E-state index contributed by atoms with van der Waals surface area (Å²) in [5.74, 6) is 2.88. The number of hydrogen-bond donors (Lipinski definition) is 2. The molecular formula is C11H22N2S. The van der Waals surface area contributed by atoms with Gasteiger partial charge in [-0.3, -0.25) is 5.41 Å². The van der Waals surface area contributed by atoms with Gasteiger partial charge in [-0.05, 0) is 36.2 Å². The van der Waals surface area contributed by atoms with E-state index in [1.807, 2.05) is 0 Å². The molecule has 0 radical (unpaired) electrons. The Bertz CT molecular complexity index is 188. The second-order valence-corrected chi connectivity index (χ2v) is 5.57. The zero-order valence-corrected chi connectivity index (χ0v) is 9.96. The molecule has 2 nitrogen and oxygen atoms in total. The number of thioether (sulfide) groups is 1. The largest absolute Gasteiger partial charge is 0.388 e. The molecule has 0 aliphatic heterocycles. The number of unbranched alkanes of at least 4 members (excludes halogenated alkanes) is 2. The smallest absolute Gasteiger partial charge is 0.0911 e. The lowest BCUT2D eigenvalue weighted by atomic mass is 10.1. The van der Waals surface area contributed by atoms with Gasteiger partial charge in [0.15, 0.2) is 0 Å². The number of rotatable bonds is 8. The van der Waals surface area contributed by atoms with E-state index in [-0.39, 0.29) is 0 Å². The van der Waals surface area contributed by atoms with Gasteiger partial charge in [0.2, 0.25) is 0 Å². The van der Waals surface area contributed by atoms with Crippen LogP contribution in [0.3, 0.4) is 0 Å². The highest BCUT2D eigenvalue weighted by Crippen LogP contribution is 2.50. The second kappa shape index (κ2) is 5.64. The van der Waals surface area contributed by atoms with Crippen LogP contribution >= 0.6 is 11.8 Å². The normalized spacial score (nSPS) is 18.1. The average Bonchev–Trinajstić information content (AvgIpc) is 2.84. The highest BCUT2D eigenvalue weighted by Gasteiger charge is 2.42. The first-order valence-electron chi connectivity index (χ1n) is 5.59. The lowest BCUT2D eigenvalue weighted by Gasteiger charge is -2.13. The summed E-state index contributed by atoms with van der Waals surface area (Å²) in [6.07, 6.45) is 7.40. The van der Waals surface area contributed by atoms with Gasteiger partial charge in [-0.15, -0.1) is 0 Å². The van der Waals surface area contributed by atoms with Crippen LogP contribution in [0.5, 0.6) is 0 Å². The topological polar surface area (TPSA) is 49.9 Å². The van der Waals surface area contributed by atoms with Crippen molar-refractivity contribution in [2.75, 3.05) is 11.5 Å². The van der Waals surface area contributed by atoms with E-state index in [0.717, 1.165) is 6.42 Å². The third kappa shape index (κ3) is 4.36. The van der Waals surface area contributed by atoms with Gasteiger partial charge in [0.1, 0.15) is 0 Å². The Balaban J connectivity index is 2.03. The summed E-state index contributed by atoms with van der Waals surface area (Å²) in [5, 5.41) is 7.30. The van der Waals surface area contributed by atoms with E-state index < -0.39 is 0 Å². The van der Waals surface area contributed by atoms with E-state index in [4.69, 9.17) is 11.1 Å². The molecule has 0 aromatic carbocycles. The van der Waals surface area contributed by atoms with Crippen molar-refractivity contribution in [1.82, 2.24) is 0 Å². The van der Waals surface area contributed by atoms with Crippen molar-refractivity contribution in [1.29, 1.82) is 5.41 Å². The molecule has 0 saturated heterocycles. The molecule has 1 saturated carbocycles. The van der Waals surface area contributed by atoms with Gasteiger partial charge >= 0.3 is 0 Å². The standard InChI is InChI=1S/C11H22N2S/c1-2-3-4-7-14-9-11(5-6-11)8-10(12)13/h2-9H2,1H3,(H3,12,13). The minimum atomic E-state index is 0.372. The van der Waals surface area contributed by atoms with Crippen LogP contribution in [0.15, 0.2) is 0 Å². The zero-order valence-electron chi connectivity index (χ0n) is 9.14. The first kappa shape index (κ1) is 11.9. The summed E-state index contributed by atoms with van der Waals surface area (Å²) in [5.41, 5.74) is 5.88. The number of nitrogens with two attached hydrogens (primary N) is 1. The molecule has 1 aliphatic carbocycles. The van der Waals surface area contributed by atoms with Crippen LogP contribution in [0.25, 0.3) is 0 Å². The predicted octanol–water partition coefficient (Wildman–Crippen LogP) is 3.02. The molecule has 0 heterocycles. The molecule has 0 spiro atoms. The van der Waals surface area contributed by atoms with Crippen molar-refractivity contribution in [2.24, 2.45) is 11.1 Å². The minimum absolute atomic E-state index is 0.372. The number of amidine groups is 1. The molecule has 3 heteroatoms. The van der Waals surface area contributed by atoms with Crippen LogP contribution in [0, 0.1) is 10.8 Å². The number of hydrogen-bond acceptors (Lipinski definition) is 2. The fraction of sp³-hybridized carbons (Fsp3) is 0.909. The molecule has 82 valence electrons. The Kier molecular flexibility index (Phi) is 4.79. The molecule has 0 unspecified atom stereocenters. The molecule has 1 aliphatic rings. The van der Waals surface area contributed by atoms with Crippen molar-refractivity contribution < 1.29 is 0 Å². The Hall–Kier alpha value is -0.180. The fourth-order valence-corrected chi connectivity index (χ4v) is 3.07. The van der Waals surface area contributed by atoms with E-state index in [1.54, 1.807) is 0 Å². The fourth-order valence-electron chi connectivity index (χ4n) is 1.70. The van der Waals surface area contributed by atoms with Gasteiger partial charge in [0.25, 0.3) is 0 Å². The summed E-state index contributed by atoms with van der Waals surface area (Å²) in [6, 6.07) is 0. The first-order valence-corrected chi connectivity index (χ1v) is 6.75. The van der Waals surface area contributed by atoms with Gasteiger partial charge in [-0.1, -0.05) is 19.8 Å². The van der Waals surface area contributed by atoms with Crippen molar-refractivity contribution in [3.8, 4) is 0 Å². The summed E-state index contributed by atoms with van der Waals surface area (Å²) in [7, 11) is 0. The maximum atomic E-state index is 7.30. The molecule has 0 aromatic heterocycles. The van der Waals surface area contributed by atoms with Crippen LogP contribution in [-0.4, -0.2) is 17.3 Å². The molecule has 0 bridgehead atoms. The van der Waals surface area contributed by atoms with E-state index in [9.17, 15) is 0 Å². The Morgan fingerprint density at radius 2 is 2.14 bits per heavy atom. The molecular weight excluding hydrogens is 192 g/mol. The van der Waals surface area contributed by atoms with Crippen molar-refractivity contribution in [2.45, 2.75) is 45.4 Å². The zero-order chi connectivity index (χ0) is 10.4. The molecule has 14 heavy (non-hydrogen) atoms. The van der Waals surface area contributed by atoms with Crippen LogP contribution in [0.1, 0.15) is 45.4 Å². The predicted molar refractivity (Wildman–Crippen MR) is 65.0 cm³/mol. The molecule has 0 aromatic rings. The monoisotopic (exact) mass is 214 g/mol. The van der Waals surface area contributed by atoms with Gasteiger partial charge in [0, 0.05) is 6.42 Å². The lowest BCUT2D eigenvalue weighted by molar-refractivity contribution is 0.611. The van der Waals surface area contributed by atoms with Crippen molar-refractivity contribution in [3.05, 3.63) is 0 Å². The van der Waals surface area contributed by atoms with Crippen LogP contribution < -0.4 is 5.73 Å². The van der Waals surface area contributed by atoms with E-state index in [2.05, 4.69) is 18.7 Å². The Morgan fingerprint density at radius 3 is 2.64 bits per heavy atom. The number of nitrogens with one attached hydrogen (secondary N) is 1. The highest BCUT2D eigenvalue weighted by molar-refractivity contribution is 7.99. The Morgan fingerprint density at radius 1 is 1.43 bits per heavy atom. The van der Waals surface area contributed by atoms with Crippen LogP contribution in [0.2, 0.25) is 0 Å². The third-order valence-corrected chi connectivity index (χ3v) is 4.22. The van der Waals surface area contributed by atoms with E-state index >= 15 is 0 Å². The molecule has 3 N–H and O–H groups in total. The summed E-state index contributed by atoms with van der Waals surface area (Å²) >= 11 is 2.05. The quantitative estimate of drug-likeness (QED) is 0.371. The van der Waals surface area contributed by atoms with Crippen molar-refractivity contribution >= 4 is 17.6 Å². The molecule has 0 atom stereocenters. The summed E-state index contributed by atoms with van der Waals surface area (Å²) in [6.45, 7) is 2.24. The second-order valence-electron chi connectivity index (χ2n) is 4.46. The van der Waals surface area contributed by atoms with Gasteiger partial charge in [-0.2, -0.15) is 11.8 Å². The Labute approximate surface area is 91.5 Å². The molecule has 1 rings (SSSR count). The van der Waals surface area contributed by atoms with Crippen molar-refractivity contribution in [3.63, 3.8) is 0 Å². The van der Waals surface area contributed by atoms with Crippen LogP contribution in [-0.2, 0) is 0 Å². The van der Waals surface area contributed by atoms with E-state index in [1.165, 1.54) is 43.6 Å². The minimum Gasteiger partial charge on any atom is -0.388 e. The highest BCUT2D eigenvalue weighted by atomic mass is 32.2. The lowest BCUT2D eigenvalue weighted by Crippen LogP contribution is -2.18. The molecule has 0 amide bonds. The summed E-state index contributed by atoms with van der Waals surface area (Å²) < 4.78 is 0. The van der Waals surface area contributed by atoms with Crippen LogP contribution in [0.4, 0.5) is 0 Å². The van der Waals surface area contributed by atoms with Gasteiger partial charge in [-0.25, -0.2) is 0 Å².